The molecule has 2 aromatic rings. The Labute approximate surface area is 88.3 Å². The van der Waals surface area contributed by atoms with E-state index in [1.807, 2.05) is 12.3 Å². The van der Waals surface area contributed by atoms with E-state index in [-0.39, 0.29) is 0 Å². The fourth-order valence-electron chi connectivity index (χ4n) is 1.39. The summed E-state index contributed by atoms with van der Waals surface area (Å²) in [5.41, 5.74) is 0.984. The maximum absolute atomic E-state index is 5.17. The molecule has 2 heterocycles. The lowest BCUT2D eigenvalue weighted by molar-refractivity contribution is 0.893. The van der Waals surface area contributed by atoms with Gasteiger partial charge in [0.1, 0.15) is 5.52 Å². The van der Waals surface area contributed by atoms with E-state index in [9.17, 15) is 0 Å². The Morgan fingerprint density at radius 1 is 1.47 bits per heavy atom. The highest BCUT2D eigenvalue weighted by Gasteiger charge is 2.00. The predicted octanol–water partition coefficient (Wildman–Crippen LogP) is 1.55. The van der Waals surface area contributed by atoms with E-state index in [1.54, 1.807) is 16.9 Å². The summed E-state index contributed by atoms with van der Waals surface area (Å²) in [6.45, 7) is 0.835. The fourth-order valence-corrected chi connectivity index (χ4v) is 1.39. The minimum absolute atomic E-state index is 0.787. The largest absolute Gasteiger partial charge is 0.368 e. The number of anilines is 1. The summed E-state index contributed by atoms with van der Waals surface area (Å²) >= 11 is 0. The van der Waals surface area contributed by atoms with Crippen LogP contribution in [0.15, 0.2) is 24.7 Å². The molecule has 0 aliphatic rings. The molecule has 0 fully saturated rings. The SMILES string of the molecule is C#CCCCNc1nccn2nccc12. The van der Waals surface area contributed by atoms with Gasteiger partial charge in [-0.25, -0.2) is 9.50 Å². The molecule has 2 rings (SSSR count). The van der Waals surface area contributed by atoms with Crippen molar-refractivity contribution in [3.63, 3.8) is 0 Å². The highest BCUT2D eigenvalue weighted by atomic mass is 15.2. The Balaban J connectivity index is 2.08. The number of hydrogen-bond acceptors (Lipinski definition) is 3. The van der Waals surface area contributed by atoms with Crippen molar-refractivity contribution in [3.05, 3.63) is 24.7 Å². The third-order valence-corrected chi connectivity index (χ3v) is 2.11. The maximum atomic E-state index is 5.17. The molecule has 4 heteroatoms. The monoisotopic (exact) mass is 200 g/mol. The molecule has 0 bridgehead atoms. The van der Waals surface area contributed by atoms with Gasteiger partial charge in [0.25, 0.3) is 0 Å². The van der Waals surface area contributed by atoms with Crippen molar-refractivity contribution in [3.8, 4) is 12.3 Å². The Hall–Kier alpha value is -2.02. The molecular weight excluding hydrogens is 188 g/mol. The van der Waals surface area contributed by atoms with Gasteiger partial charge in [-0.2, -0.15) is 5.10 Å². The number of rotatable bonds is 4. The van der Waals surface area contributed by atoms with Gasteiger partial charge in [-0.05, 0) is 12.5 Å². The quantitative estimate of drug-likeness (QED) is 0.601. The molecule has 76 valence electrons. The molecule has 0 radical (unpaired) electrons. The lowest BCUT2D eigenvalue weighted by Gasteiger charge is -2.05. The zero-order valence-corrected chi connectivity index (χ0v) is 8.35. The normalized spacial score (nSPS) is 10.1. The molecule has 0 saturated heterocycles. The number of fused-ring (bicyclic) bond motifs is 1. The second kappa shape index (κ2) is 4.47. The molecule has 4 nitrogen and oxygen atoms in total. The van der Waals surface area contributed by atoms with Crippen molar-refractivity contribution in [2.24, 2.45) is 0 Å². The molecule has 2 aromatic heterocycles. The van der Waals surface area contributed by atoms with Crippen LogP contribution in [0.3, 0.4) is 0 Å². The number of hydrogen-bond donors (Lipinski definition) is 1. The van der Waals surface area contributed by atoms with Crippen LogP contribution in [-0.4, -0.2) is 21.1 Å². The maximum Gasteiger partial charge on any atom is 0.152 e. The zero-order valence-electron chi connectivity index (χ0n) is 8.35. The first-order valence-electron chi connectivity index (χ1n) is 4.87. The number of aromatic nitrogens is 3. The summed E-state index contributed by atoms with van der Waals surface area (Å²) in [7, 11) is 0. The van der Waals surface area contributed by atoms with Crippen molar-refractivity contribution in [1.29, 1.82) is 0 Å². The summed E-state index contributed by atoms with van der Waals surface area (Å²) in [5.74, 6) is 3.46. The summed E-state index contributed by atoms with van der Waals surface area (Å²) in [5, 5.41) is 7.37. The topological polar surface area (TPSA) is 42.2 Å². The molecule has 0 unspecified atom stereocenters. The minimum Gasteiger partial charge on any atom is -0.368 e. The van der Waals surface area contributed by atoms with E-state index in [4.69, 9.17) is 6.42 Å². The summed E-state index contributed by atoms with van der Waals surface area (Å²) < 4.78 is 1.79. The third-order valence-electron chi connectivity index (χ3n) is 2.11. The van der Waals surface area contributed by atoms with E-state index < -0.39 is 0 Å². The van der Waals surface area contributed by atoms with Gasteiger partial charge in [0.15, 0.2) is 5.82 Å². The first-order valence-corrected chi connectivity index (χ1v) is 4.87. The van der Waals surface area contributed by atoms with E-state index in [1.165, 1.54) is 0 Å². The van der Waals surface area contributed by atoms with Crippen molar-refractivity contribution in [2.45, 2.75) is 12.8 Å². The van der Waals surface area contributed by atoms with Crippen LogP contribution in [0.5, 0.6) is 0 Å². The van der Waals surface area contributed by atoms with E-state index in [0.717, 1.165) is 30.7 Å². The molecule has 0 spiro atoms. The molecule has 15 heavy (non-hydrogen) atoms. The van der Waals surface area contributed by atoms with Crippen molar-refractivity contribution >= 4 is 11.3 Å². The van der Waals surface area contributed by atoms with Crippen LogP contribution in [0, 0.1) is 12.3 Å². The van der Waals surface area contributed by atoms with Crippen molar-refractivity contribution in [1.82, 2.24) is 14.6 Å². The van der Waals surface area contributed by atoms with Crippen LogP contribution < -0.4 is 5.32 Å². The standard InChI is InChI=1S/C11H12N4/c1-2-3-4-6-12-11-10-5-7-14-15(10)9-8-13-11/h1,5,7-9H,3-4,6H2,(H,12,13). The summed E-state index contributed by atoms with van der Waals surface area (Å²) in [4.78, 5) is 4.25. The Bertz CT molecular complexity index is 481. The lowest BCUT2D eigenvalue weighted by atomic mass is 10.3. The van der Waals surface area contributed by atoms with Crippen molar-refractivity contribution in [2.75, 3.05) is 11.9 Å². The van der Waals surface area contributed by atoms with Gasteiger partial charge >= 0.3 is 0 Å². The van der Waals surface area contributed by atoms with Gasteiger partial charge in [0, 0.05) is 25.4 Å². The summed E-state index contributed by atoms with van der Waals surface area (Å²) in [6, 6.07) is 1.93. The van der Waals surface area contributed by atoms with Crippen LogP contribution >= 0.6 is 0 Å². The van der Waals surface area contributed by atoms with E-state index in [2.05, 4.69) is 21.3 Å². The Morgan fingerprint density at radius 2 is 2.40 bits per heavy atom. The van der Waals surface area contributed by atoms with Crippen LogP contribution in [0.1, 0.15) is 12.8 Å². The van der Waals surface area contributed by atoms with Crippen LogP contribution in [0.4, 0.5) is 5.82 Å². The minimum atomic E-state index is 0.787. The van der Waals surface area contributed by atoms with Crippen LogP contribution in [-0.2, 0) is 0 Å². The van der Waals surface area contributed by atoms with Gasteiger partial charge in [-0.15, -0.1) is 12.3 Å². The molecule has 0 atom stereocenters. The highest BCUT2D eigenvalue weighted by molar-refractivity contribution is 5.66. The van der Waals surface area contributed by atoms with Crippen LogP contribution in [0.25, 0.3) is 5.52 Å². The van der Waals surface area contributed by atoms with Crippen LogP contribution in [0.2, 0.25) is 0 Å². The zero-order chi connectivity index (χ0) is 10.5. The van der Waals surface area contributed by atoms with Gasteiger partial charge < -0.3 is 5.32 Å². The Kier molecular flexibility index (Phi) is 2.84. The average molecular weight is 200 g/mol. The van der Waals surface area contributed by atoms with Gasteiger partial charge in [0.05, 0.1) is 6.20 Å². The highest BCUT2D eigenvalue weighted by Crippen LogP contribution is 2.11. The number of nitrogens with one attached hydrogen (secondary N) is 1. The molecule has 1 N–H and O–H groups in total. The Morgan fingerprint density at radius 3 is 3.27 bits per heavy atom. The molecule has 0 aliphatic carbocycles. The first kappa shape index (κ1) is 9.53. The third kappa shape index (κ3) is 2.08. The molecule has 0 amide bonds. The summed E-state index contributed by atoms with van der Waals surface area (Å²) in [6.07, 6.45) is 12.2. The lowest BCUT2D eigenvalue weighted by Crippen LogP contribution is -2.04. The molecular formula is C11H12N4. The second-order valence-corrected chi connectivity index (χ2v) is 3.17. The van der Waals surface area contributed by atoms with E-state index in [0.29, 0.717) is 0 Å². The molecule has 0 aromatic carbocycles. The average Bonchev–Trinajstić information content (AvgIpc) is 2.73. The fraction of sp³-hybridized carbons (Fsp3) is 0.273. The second-order valence-electron chi connectivity index (χ2n) is 3.17. The number of unbranched alkanes of at least 4 members (excludes halogenated alkanes) is 1. The van der Waals surface area contributed by atoms with Gasteiger partial charge in [0.2, 0.25) is 0 Å². The van der Waals surface area contributed by atoms with Crippen molar-refractivity contribution < 1.29 is 0 Å². The molecule has 0 aliphatic heterocycles. The number of terminal acetylenes is 1. The van der Waals surface area contributed by atoms with E-state index >= 15 is 0 Å². The van der Waals surface area contributed by atoms with Gasteiger partial charge in [-0.3, -0.25) is 0 Å². The number of nitrogens with zero attached hydrogens (tertiary/aromatic N) is 3. The first-order chi connectivity index (χ1) is 7.42. The van der Waals surface area contributed by atoms with Gasteiger partial charge in [-0.1, -0.05) is 0 Å². The smallest absolute Gasteiger partial charge is 0.152 e. The molecule has 0 saturated carbocycles. The predicted molar refractivity (Wildman–Crippen MR) is 59.5 cm³/mol.